The highest BCUT2D eigenvalue weighted by Crippen LogP contribution is 2.08. The molecule has 1 heterocycles. The van der Waals surface area contributed by atoms with Crippen LogP contribution >= 0.6 is 0 Å². The SMILES string of the molecule is CCCCCn1ccnc1CC.Cc1ccc(S(=O)(=O)O)cc1. The lowest BCUT2D eigenvalue weighted by molar-refractivity contribution is 0.483. The molecule has 2 rings (SSSR count). The largest absolute Gasteiger partial charge is 0.335 e. The lowest BCUT2D eigenvalue weighted by Gasteiger charge is -2.04. The van der Waals surface area contributed by atoms with Gasteiger partial charge in [0.1, 0.15) is 5.82 Å². The zero-order valence-corrected chi connectivity index (χ0v) is 14.9. The first kappa shape index (κ1) is 19.4. The molecule has 0 aliphatic carbocycles. The highest BCUT2D eigenvalue weighted by atomic mass is 32.2. The van der Waals surface area contributed by atoms with Crippen molar-refractivity contribution in [1.82, 2.24) is 9.55 Å². The molecule has 0 aliphatic heterocycles. The molecule has 1 N–H and O–H groups in total. The third kappa shape index (κ3) is 6.97. The summed E-state index contributed by atoms with van der Waals surface area (Å²) in [6.45, 7) is 7.36. The number of aromatic nitrogens is 2. The Balaban J connectivity index is 0.000000231. The molecule has 0 radical (unpaired) electrons. The minimum atomic E-state index is -4.02. The van der Waals surface area contributed by atoms with Crippen molar-refractivity contribution in [2.75, 3.05) is 0 Å². The highest BCUT2D eigenvalue weighted by molar-refractivity contribution is 7.85. The quantitative estimate of drug-likeness (QED) is 0.641. The van der Waals surface area contributed by atoms with E-state index in [9.17, 15) is 8.42 Å². The first-order valence-electron chi connectivity index (χ1n) is 7.92. The summed E-state index contributed by atoms with van der Waals surface area (Å²) in [7, 11) is -4.02. The second kappa shape index (κ2) is 9.47. The van der Waals surface area contributed by atoms with Gasteiger partial charge in [0.25, 0.3) is 10.1 Å². The van der Waals surface area contributed by atoms with Gasteiger partial charge in [0.2, 0.25) is 0 Å². The zero-order valence-electron chi connectivity index (χ0n) is 14.1. The molecule has 1 aromatic carbocycles. The summed E-state index contributed by atoms with van der Waals surface area (Å²) in [5.74, 6) is 1.21. The van der Waals surface area contributed by atoms with E-state index in [1.807, 2.05) is 13.1 Å². The van der Waals surface area contributed by atoms with Crippen molar-refractivity contribution < 1.29 is 13.0 Å². The van der Waals surface area contributed by atoms with Crippen molar-refractivity contribution in [3.63, 3.8) is 0 Å². The summed E-state index contributed by atoms with van der Waals surface area (Å²) >= 11 is 0. The monoisotopic (exact) mass is 338 g/mol. The Hall–Kier alpha value is -1.66. The summed E-state index contributed by atoms with van der Waals surface area (Å²) in [4.78, 5) is 4.21. The standard InChI is InChI=1S/C10H18N2.C7H8O3S/c1-3-5-6-8-12-9-7-11-10(12)4-2;1-6-2-4-7(5-3-6)11(8,9)10/h7,9H,3-6,8H2,1-2H3;2-5H,1H3,(H,8,9,10). The fourth-order valence-electron chi connectivity index (χ4n) is 2.10. The number of imidazole rings is 1. The molecule has 0 atom stereocenters. The third-order valence-corrected chi connectivity index (χ3v) is 4.31. The Labute approximate surface area is 139 Å². The second-order valence-electron chi connectivity index (χ2n) is 5.39. The summed E-state index contributed by atoms with van der Waals surface area (Å²) in [6.07, 6.45) is 8.90. The van der Waals surface area contributed by atoms with E-state index in [1.165, 1.54) is 37.2 Å². The number of hydrogen-bond acceptors (Lipinski definition) is 3. The van der Waals surface area contributed by atoms with E-state index in [1.54, 1.807) is 12.1 Å². The maximum absolute atomic E-state index is 10.5. The van der Waals surface area contributed by atoms with Crippen molar-refractivity contribution >= 4 is 10.1 Å². The van der Waals surface area contributed by atoms with Crippen LogP contribution in [0.4, 0.5) is 0 Å². The molecule has 6 heteroatoms. The molecule has 0 unspecified atom stereocenters. The van der Waals surface area contributed by atoms with Crippen molar-refractivity contribution in [3.05, 3.63) is 48.0 Å². The highest BCUT2D eigenvalue weighted by Gasteiger charge is 2.06. The fraction of sp³-hybridized carbons (Fsp3) is 0.471. The Morgan fingerprint density at radius 1 is 1.13 bits per heavy atom. The van der Waals surface area contributed by atoms with E-state index in [0.717, 1.165) is 18.5 Å². The average molecular weight is 338 g/mol. The molecule has 0 spiro atoms. The van der Waals surface area contributed by atoms with Crippen LogP contribution in [0.25, 0.3) is 0 Å². The van der Waals surface area contributed by atoms with Gasteiger partial charge < -0.3 is 4.57 Å². The normalized spacial score (nSPS) is 11.0. The van der Waals surface area contributed by atoms with Crippen LogP contribution < -0.4 is 0 Å². The van der Waals surface area contributed by atoms with Crippen LogP contribution in [0.3, 0.4) is 0 Å². The molecule has 128 valence electrons. The Bertz CT molecular complexity index is 676. The number of aryl methyl sites for hydroxylation is 3. The molecule has 23 heavy (non-hydrogen) atoms. The van der Waals surface area contributed by atoms with Crippen molar-refractivity contribution in [2.45, 2.75) is 57.9 Å². The van der Waals surface area contributed by atoms with E-state index in [0.29, 0.717) is 0 Å². The van der Waals surface area contributed by atoms with Gasteiger partial charge in [0, 0.05) is 25.4 Å². The van der Waals surface area contributed by atoms with Crippen LogP contribution in [-0.4, -0.2) is 22.5 Å². The predicted molar refractivity (Wildman–Crippen MR) is 92.1 cm³/mol. The lowest BCUT2D eigenvalue weighted by atomic mass is 10.2. The van der Waals surface area contributed by atoms with E-state index in [2.05, 4.69) is 29.6 Å². The molecule has 2 aromatic rings. The van der Waals surface area contributed by atoms with Crippen LogP contribution in [0, 0.1) is 6.92 Å². The van der Waals surface area contributed by atoms with Gasteiger partial charge in [0.05, 0.1) is 4.90 Å². The molecular weight excluding hydrogens is 312 g/mol. The van der Waals surface area contributed by atoms with E-state index < -0.39 is 10.1 Å². The summed E-state index contributed by atoms with van der Waals surface area (Å²) in [5.41, 5.74) is 0.956. The molecule has 0 bridgehead atoms. The topological polar surface area (TPSA) is 72.2 Å². The van der Waals surface area contributed by atoms with Crippen LogP contribution in [0.2, 0.25) is 0 Å². The van der Waals surface area contributed by atoms with Crippen LogP contribution in [0.1, 0.15) is 44.5 Å². The number of unbranched alkanes of at least 4 members (excludes halogenated alkanes) is 2. The summed E-state index contributed by atoms with van der Waals surface area (Å²) < 4.78 is 31.8. The van der Waals surface area contributed by atoms with Gasteiger partial charge in [-0.05, 0) is 25.5 Å². The smallest absolute Gasteiger partial charge is 0.294 e. The molecule has 0 saturated carbocycles. The first-order valence-corrected chi connectivity index (χ1v) is 9.36. The molecule has 5 nitrogen and oxygen atoms in total. The first-order chi connectivity index (χ1) is 10.9. The van der Waals surface area contributed by atoms with E-state index in [-0.39, 0.29) is 4.90 Å². The molecule has 0 fully saturated rings. The maximum atomic E-state index is 10.5. The van der Waals surface area contributed by atoms with Crippen LogP contribution in [-0.2, 0) is 23.1 Å². The lowest BCUT2D eigenvalue weighted by Crippen LogP contribution is -2.01. The molecular formula is C17H26N2O3S. The Morgan fingerprint density at radius 3 is 2.30 bits per heavy atom. The van der Waals surface area contributed by atoms with E-state index in [4.69, 9.17) is 4.55 Å². The minimum absolute atomic E-state index is 0.0666. The van der Waals surface area contributed by atoms with Gasteiger partial charge in [-0.3, -0.25) is 4.55 Å². The number of hydrogen-bond donors (Lipinski definition) is 1. The molecule has 1 aromatic heterocycles. The van der Waals surface area contributed by atoms with Gasteiger partial charge in [-0.1, -0.05) is 44.4 Å². The zero-order chi connectivity index (χ0) is 17.3. The third-order valence-electron chi connectivity index (χ3n) is 3.44. The van der Waals surface area contributed by atoms with Crippen LogP contribution in [0.5, 0.6) is 0 Å². The summed E-state index contributed by atoms with van der Waals surface area (Å²) in [6, 6.07) is 5.99. The molecule has 0 aliphatic rings. The van der Waals surface area contributed by atoms with E-state index >= 15 is 0 Å². The summed E-state index contributed by atoms with van der Waals surface area (Å²) in [5, 5.41) is 0. The van der Waals surface area contributed by atoms with Gasteiger partial charge >= 0.3 is 0 Å². The van der Waals surface area contributed by atoms with Crippen molar-refractivity contribution in [2.24, 2.45) is 0 Å². The Kier molecular flexibility index (Phi) is 7.98. The number of benzene rings is 1. The second-order valence-corrected chi connectivity index (χ2v) is 6.81. The maximum Gasteiger partial charge on any atom is 0.294 e. The fourth-order valence-corrected chi connectivity index (χ4v) is 2.58. The van der Waals surface area contributed by atoms with Gasteiger partial charge in [-0.2, -0.15) is 8.42 Å². The van der Waals surface area contributed by atoms with Crippen molar-refractivity contribution in [1.29, 1.82) is 0 Å². The van der Waals surface area contributed by atoms with Crippen LogP contribution in [0.15, 0.2) is 41.6 Å². The molecule has 0 saturated heterocycles. The van der Waals surface area contributed by atoms with Gasteiger partial charge in [-0.25, -0.2) is 4.98 Å². The minimum Gasteiger partial charge on any atom is -0.335 e. The van der Waals surface area contributed by atoms with Crippen molar-refractivity contribution in [3.8, 4) is 0 Å². The molecule has 0 amide bonds. The average Bonchev–Trinajstić information content (AvgIpc) is 2.95. The Morgan fingerprint density at radius 2 is 1.78 bits per heavy atom. The predicted octanol–water partition coefficient (Wildman–Crippen LogP) is 3.88. The van der Waals surface area contributed by atoms with Gasteiger partial charge in [0.15, 0.2) is 0 Å². The van der Waals surface area contributed by atoms with Gasteiger partial charge in [-0.15, -0.1) is 0 Å². The number of nitrogens with zero attached hydrogens (tertiary/aromatic N) is 2. The number of rotatable bonds is 6.